The summed E-state index contributed by atoms with van der Waals surface area (Å²) < 4.78 is 1.99. The summed E-state index contributed by atoms with van der Waals surface area (Å²) in [6.45, 7) is 0.620. The Hall–Kier alpha value is -1.32. The number of carbonyl (C=O) groups is 1. The SMILES string of the molecule is CN(Cc1nccn1C)C(=O)CC12CC3CC(CC(C3)C1)C2. The fourth-order valence-electron chi connectivity index (χ4n) is 5.81. The van der Waals surface area contributed by atoms with Crippen LogP contribution in [0.1, 0.15) is 50.8 Å². The molecule has 120 valence electrons. The zero-order valence-electron chi connectivity index (χ0n) is 13.8. The van der Waals surface area contributed by atoms with Gasteiger partial charge < -0.3 is 9.47 Å². The van der Waals surface area contributed by atoms with Gasteiger partial charge in [-0.05, 0) is 61.7 Å². The minimum atomic E-state index is 0.310. The lowest BCUT2D eigenvalue weighted by Gasteiger charge is -2.56. The van der Waals surface area contributed by atoms with Gasteiger partial charge in [0.05, 0.1) is 6.54 Å². The van der Waals surface area contributed by atoms with Crippen LogP contribution in [0.2, 0.25) is 0 Å². The van der Waals surface area contributed by atoms with Crippen molar-refractivity contribution in [3.63, 3.8) is 0 Å². The van der Waals surface area contributed by atoms with Crippen LogP contribution in [0.15, 0.2) is 12.4 Å². The van der Waals surface area contributed by atoms with E-state index in [2.05, 4.69) is 4.98 Å². The number of hydrogen-bond acceptors (Lipinski definition) is 2. The molecule has 1 aromatic heterocycles. The van der Waals surface area contributed by atoms with Crippen LogP contribution >= 0.6 is 0 Å². The van der Waals surface area contributed by atoms with Crippen LogP contribution in [0.4, 0.5) is 0 Å². The Morgan fingerprint density at radius 2 is 1.86 bits per heavy atom. The molecule has 0 spiro atoms. The summed E-state index contributed by atoms with van der Waals surface area (Å²) in [5, 5.41) is 0. The van der Waals surface area contributed by atoms with Crippen molar-refractivity contribution in [2.45, 2.75) is 51.5 Å². The van der Waals surface area contributed by atoms with Gasteiger partial charge in [0.1, 0.15) is 5.82 Å². The van der Waals surface area contributed by atoms with E-state index < -0.39 is 0 Å². The predicted octanol–water partition coefficient (Wildman–Crippen LogP) is 2.99. The second-order valence-electron chi connectivity index (χ2n) is 8.30. The number of carbonyl (C=O) groups excluding carboxylic acids is 1. The third-order valence-electron chi connectivity index (χ3n) is 6.42. The highest BCUT2D eigenvalue weighted by molar-refractivity contribution is 5.76. The first-order valence-electron chi connectivity index (χ1n) is 8.73. The van der Waals surface area contributed by atoms with Gasteiger partial charge in [0.2, 0.25) is 5.91 Å². The number of aromatic nitrogens is 2. The summed E-state index contributed by atoms with van der Waals surface area (Å²) in [7, 11) is 3.91. The predicted molar refractivity (Wildman–Crippen MR) is 84.9 cm³/mol. The highest BCUT2D eigenvalue weighted by atomic mass is 16.2. The number of hydrogen-bond donors (Lipinski definition) is 0. The van der Waals surface area contributed by atoms with E-state index in [0.717, 1.165) is 30.0 Å². The molecule has 0 aromatic carbocycles. The average Bonchev–Trinajstić information content (AvgIpc) is 2.82. The Kier molecular flexibility index (Phi) is 3.31. The smallest absolute Gasteiger partial charge is 0.223 e. The summed E-state index contributed by atoms with van der Waals surface area (Å²) >= 11 is 0. The highest BCUT2D eigenvalue weighted by Crippen LogP contribution is 2.61. The van der Waals surface area contributed by atoms with Gasteiger partial charge in [0.15, 0.2) is 0 Å². The monoisotopic (exact) mass is 301 g/mol. The van der Waals surface area contributed by atoms with Crippen LogP contribution in [0.3, 0.4) is 0 Å². The Balaban J connectivity index is 1.42. The molecule has 4 aliphatic rings. The second kappa shape index (κ2) is 5.10. The third kappa shape index (κ3) is 2.46. The molecule has 0 atom stereocenters. The minimum Gasteiger partial charge on any atom is -0.338 e. The second-order valence-corrected chi connectivity index (χ2v) is 8.30. The molecule has 1 amide bonds. The molecule has 5 rings (SSSR count). The molecule has 22 heavy (non-hydrogen) atoms. The van der Waals surface area contributed by atoms with E-state index in [9.17, 15) is 4.79 Å². The lowest BCUT2D eigenvalue weighted by atomic mass is 9.49. The number of imidazole rings is 1. The molecule has 4 bridgehead atoms. The van der Waals surface area contributed by atoms with E-state index in [1.165, 1.54) is 38.5 Å². The molecule has 4 heteroatoms. The molecule has 4 aliphatic carbocycles. The Bertz CT molecular complexity index is 541. The third-order valence-corrected chi connectivity index (χ3v) is 6.42. The summed E-state index contributed by atoms with van der Waals surface area (Å²) in [5.74, 6) is 4.02. The van der Waals surface area contributed by atoms with Crippen molar-refractivity contribution >= 4 is 5.91 Å². The molecule has 0 aliphatic heterocycles. The van der Waals surface area contributed by atoms with Crippen LogP contribution in [0, 0.1) is 23.2 Å². The first kappa shape index (κ1) is 14.3. The van der Waals surface area contributed by atoms with E-state index >= 15 is 0 Å². The van der Waals surface area contributed by atoms with Crippen LogP contribution in [0.5, 0.6) is 0 Å². The summed E-state index contributed by atoms with van der Waals surface area (Å²) in [6.07, 6.45) is 12.7. The lowest BCUT2D eigenvalue weighted by Crippen LogP contribution is -2.48. The molecule has 4 saturated carbocycles. The van der Waals surface area contributed by atoms with E-state index in [4.69, 9.17) is 0 Å². The average molecular weight is 301 g/mol. The van der Waals surface area contributed by atoms with Crippen LogP contribution in [-0.2, 0) is 18.4 Å². The number of aryl methyl sites for hydroxylation is 1. The molecule has 0 saturated heterocycles. The van der Waals surface area contributed by atoms with Crippen molar-refractivity contribution in [2.75, 3.05) is 7.05 Å². The van der Waals surface area contributed by atoms with Gasteiger partial charge in [-0.15, -0.1) is 0 Å². The van der Waals surface area contributed by atoms with E-state index in [1.54, 1.807) is 6.20 Å². The van der Waals surface area contributed by atoms with E-state index in [1.807, 2.05) is 29.8 Å². The maximum absolute atomic E-state index is 12.8. The Labute approximate surface area is 132 Å². The van der Waals surface area contributed by atoms with Gasteiger partial charge in [-0.3, -0.25) is 4.79 Å². The van der Waals surface area contributed by atoms with Crippen molar-refractivity contribution in [1.29, 1.82) is 0 Å². The van der Waals surface area contributed by atoms with Crippen molar-refractivity contribution < 1.29 is 4.79 Å². The molecule has 0 unspecified atom stereocenters. The van der Waals surface area contributed by atoms with Gasteiger partial charge in [0, 0.05) is 32.9 Å². The fourth-order valence-corrected chi connectivity index (χ4v) is 5.81. The normalized spacial score (nSPS) is 35.8. The largest absolute Gasteiger partial charge is 0.338 e. The van der Waals surface area contributed by atoms with Crippen LogP contribution in [0.25, 0.3) is 0 Å². The molecular formula is C18H27N3O. The van der Waals surface area contributed by atoms with Crippen LogP contribution in [-0.4, -0.2) is 27.4 Å². The molecule has 4 nitrogen and oxygen atoms in total. The van der Waals surface area contributed by atoms with Gasteiger partial charge in [0.25, 0.3) is 0 Å². The zero-order chi connectivity index (χ0) is 15.3. The molecule has 0 radical (unpaired) electrons. The van der Waals surface area contributed by atoms with Gasteiger partial charge in [-0.2, -0.15) is 0 Å². The fraction of sp³-hybridized carbons (Fsp3) is 0.778. The summed E-state index contributed by atoms with van der Waals surface area (Å²) in [5.41, 5.74) is 0.335. The first-order valence-corrected chi connectivity index (χ1v) is 8.73. The van der Waals surface area contributed by atoms with Crippen molar-refractivity contribution in [3.8, 4) is 0 Å². The molecule has 1 heterocycles. The zero-order valence-corrected chi connectivity index (χ0v) is 13.8. The lowest BCUT2D eigenvalue weighted by molar-refractivity contribution is -0.138. The van der Waals surface area contributed by atoms with Gasteiger partial charge in [-0.1, -0.05) is 0 Å². The van der Waals surface area contributed by atoms with Crippen molar-refractivity contribution in [3.05, 3.63) is 18.2 Å². The molecular weight excluding hydrogens is 274 g/mol. The summed E-state index contributed by atoms with van der Waals surface area (Å²) in [6, 6.07) is 0. The topological polar surface area (TPSA) is 38.1 Å². The number of rotatable bonds is 4. The van der Waals surface area contributed by atoms with Crippen molar-refractivity contribution in [2.24, 2.45) is 30.2 Å². The first-order chi connectivity index (χ1) is 10.5. The maximum atomic E-state index is 12.8. The van der Waals surface area contributed by atoms with Gasteiger partial charge in [-0.25, -0.2) is 4.98 Å². The summed E-state index contributed by atoms with van der Waals surface area (Å²) in [4.78, 5) is 19.0. The quantitative estimate of drug-likeness (QED) is 0.857. The Morgan fingerprint density at radius 1 is 1.27 bits per heavy atom. The molecule has 4 fully saturated rings. The number of amides is 1. The van der Waals surface area contributed by atoms with Crippen LogP contribution < -0.4 is 0 Å². The highest BCUT2D eigenvalue weighted by Gasteiger charge is 2.51. The van der Waals surface area contributed by atoms with Gasteiger partial charge >= 0.3 is 0 Å². The minimum absolute atomic E-state index is 0.310. The number of nitrogens with zero attached hydrogens (tertiary/aromatic N) is 3. The molecule has 1 aromatic rings. The van der Waals surface area contributed by atoms with Crippen molar-refractivity contribution in [1.82, 2.24) is 14.5 Å². The van der Waals surface area contributed by atoms with E-state index in [-0.39, 0.29) is 0 Å². The maximum Gasteiger partial charge on any atom is 0.223 e. The Morgan fingerprint density at radius 3 is 2.36 bits per heavy atom. The van der Waals surface area contributed by atoms with E-state index in [0.29, 0.717) is 17.9 Å². The molecule has 0 N–H and O–H groups in total. The standard InChI is InChI=1S/C18H27N3O/c1-20-4-3-19-16(20)12-21(2)17(22)11-18-8-13-5-14(9-18)7-15(6-13)10-18/h3-4,13-15H,5-12H2,1-2H3.